The van der Waals surface area contributed by atoms with Crippen molar-refractivity contribution in [3.8, 4) is 11.3 Å². The van der Waals surface area contributed by atoms with Crippen LogP contribution in [0.2, 0.25) is 0 Å². The summed E-state index contributed by atoms with van der Waals surface area (Å²) in [5.74, 6) is -1.17. The second kappa shape index (κ2) is 19.6. The van der Waals surface area contributed by atoms with Crippen LogP contribution in [0.15, 0.2) is 48.8 Å². The molecule has 2 aromatic carbocycles. The third kappa shape index (κ3) is 8.76. The fourth-order valence-corrected chi connectivity index (χ4v) is 14.4. The van der Waals surface area contributed by atoms with Crippen LogP contribution in [0.4, 0.5) is 17.2 Å². The van der Waals surface area contributed by atoms with Crippen LogP contribution in [0.25, 0.3) is 22.3 Å². The number of amides is 7. The van der Waals surface area contributed by atoms with Crippen LogP contribution in [0.1, 0.15) is 155 Å². The lowest BCUT2D eigenvalue weighted by Crippen LogP contribution is -2.58. The highest BCUT2D eigenvalue weighted by Crippen LogP contribution is 2.52. The van der Waals surface area contributed by atoms with Gasteiger partial charge in [-0.2, -0.15) is 0 Å². The molecule has 8 heterocycles. The van der Waals surface area contributed by atoms with Gasteiger partial charge in [0.15, 0.2) is 5.82 Å². The van der Waals surface area contributed by atoms with E-state index in [-0.39, 0.29) is 71.7 Å². The van der Waals surface area contributed by atoms with Crippen LogP contribution >= 0.6 is 0 Å². The van der Waals surface area contributed by atoms with Crippen molar-refractivity contribution in [1.82, 2.24) is 39.5 Å². The monoisotopic (exact) mass is 1050 g/mol. The van der Waals surface area contributed by atoms with Crippen molar-refractivity contribution in [3.63, 3.8) is 0 Å². The number of carbonyl (C=O) groups excluding carboxylic acids is 7. The first-order valence-corrected chi connectivity index (χ1v) is 28.9. The molecule has 2 aromatic heterocycles. The van der Waals surface area contributed by atoms with E-state index in [1.165, 1.54) is 19.3 Å². The van der Waals surface area contributed by atoms with E-state index < -0.39 is 35.1 Å². The summed E-state index contributed by atoms with van der Waals surface area (Å²) in [7, 11) is 0. The summed E-state index contributed by atoms with van der Waals surface area (Å²) in [4.78, 5) is 115. The summed E-state index contributed by atoms with van der Waals surface area (Å²) in [6.07, 6.45) is 15.2. The molecule has 3 aliphatic carbocycles. The van der Waals surface area contributed by atoms with Crippen LogP contribution in [0.5, 0.6) is 0 Å². The Balaban J connectivity index is 0.645. The number of imidazole rings is 1. The molecular weight excluding hydrogens is 975 g/mol. The summed E-state index contributed by atoms with van der Waals surface area (Å²) < 4.78 is 2.19. The Bertz CT molecular complexity index is 3080. The Morgan fingerprint density at radius 3 is 2.10 bits per heavy atom. The number of hydrogen-bond donors (Lipinski definition) is 3. The molecule has 3 saturated carbocycles. The number of imide groups is 2. The van der Waals surface area contributed by atoms with Gasteiger partial charge in [0, 0.05) is 91.6 Å². The molecule has 18 nitrogen and oxygen atoms in total. The van der Waals surface area contributed by atoms with Gasteiger partial charge >= 0.3 is 0 Å². The first-order valence-electron chi connectivity index (χ1n) is 28.9. The molecule has 3 N–H and O–H groups in total. The van der Waals surface area contributed by atoms with Gasteiger partial charge in [0.05, 0.1) is 34.1 Å². The van der Waals surface area contributed by atoms with Gasteiger partial charge in [0.25, 0.3) is 11.8 Å². The molecule has 13 rings (SSSR count). The molecule has 0 radical (unpaired) electrons. The maximum absolute atomic E-state index is 15.3. The van der Waals surface area contributed by atoms with Gasteiger partial charge in [-0.25, -0.2) is 9.97 Å². The number of nitrogens with one attached hydrogen (secondary N) is 3. The van der Waals surface area contributed by atoms with E-state index in [0.29, 0.717) is 95.3 Å². The largest absolute Gasteiger partial charge is 0.382 e. The van der Waals surface area contributed by atoms with Gasteiger partial charge in [-0.05, 0) is 153 Å². The van der Waals surface area contributed by atoms with E-state index in [9.17, 15) is 28.8 Å². The maximum atomic E-state index is 15.3. The number of carbonyl (C=O) groups is 7. The highest BCUT2D eigenvalue weighted by Gasteiger charge is 2.56. The Kier molecular flexibility index (Phi) is 12.7. The lowest BCUT2D eigenvalue weighted by molar-refractivity contribution is -0.144. The molecule has 1 atom stereocenters. The zero-order valence-electron chi connectivity index (χ0n) is 44.4. The number of aromatic nitrogens is 3. The number of piperidine rings is 4. The van der Waals surface area contributed by atoms with Crippen molar-refractivity contribution in [3.05, 3.63) is 65.5 Å². The molecule has 18 heteroatoms. The first kappa shape index (κ1) is 49.9. The number of pyridine rings is 1. The molecule has 404 valence electrons. The highest BCUT2D eigenvalue weighted by atomic mass is 16.2. The number of benzene rings is 2. The number of fused-ring (bicyclic) bond motifs is 4. The Morgan fingerprint density at radius 2 is 1.40 bits per heavy atom. The molecular formula is C59H71N11O7. The minimum Gasteiger partial charge on any atom is -0.382 e. The maximum Gasteiger partial charge on any atom is 0.264 e. The van der Waals surface area contributed by atoms with Gasteiger partial charge in [-0.1, -0.05) is 24.6 Å². The van der Waals surface area contributed by atoms with Crippen molar-refractivity contribution >= 4 is 69.6 Å². The minimum absolute atomic E-state index is 0.0179. The standard InChI is InChI=1S/C59H71N11O7/c1-34(2)68-33-60-46-32-45(63-52(51(46)68)62-39-14-15-39)37-11-16-43-48(29-37)69(41-30-40(31-41)65-23-4-3-5-24-65)58(77)59(43)21-27-67(28-22-59)55(74)36-19-25-66(26-20-36)54(73)35-9-12-38(13-10-35)61-44-8-6-7-42-50(44)57(76)70(56(42)75)47-17-18-49(71)64-53(47)72/h6-8,11,16,29,32-36,38-41,47,61H,3-5,9-10,12-15,17-28,30-31H2,1-2H3,(H,62,63)(H,64,71,72). The summed E-state index contributed by atoms with van der Waals surface area (Å²) >= 11 is 0. The van der Waals surface area contributed by atoms with Crippen molar-refractivity contribution in [2.24, 2.45) is 11.8 Å². The van der Waals surface area contributed by atoms with Crippen LogP contribution in [-0.2, 0) is 29.4 Å². The zero-order chi connectivity index (χ0) is 52.9. The van der Waals surface area contributed by atoms with Crippen molar-refractivity contribution in [2.75, 3.05) is 54.8 Å². The Hall–Kier alpha value is -6.69. The number of rotatable bonds is 11. The molecule has 4 aromatic rings. The molecule has 1 unspecified atom stereocenters. The first-order chi connectivity index (χ1) is 37.3. The predicted octanol–water partition coefficient (Wildman–Crippen LogP) is 6.79. The van der Waals surface area contributed by atoms with Crippen molar-refractivity contribution in [1.29, 1.82) is 0 Å². The summed E-state index contributed by atoms with van der Waals surface area (Å²) in [5, 5.41) is 9.43. The van der Waals surface area contributed by atoms with E-state index in [2.05, 4.69) is 68.4 Å². The summed E-state index contributed by atoms with van der Waals surface area (Å²) in [6.45, 7) is 8.69. The summed E-state index contributed by atoms with van der Waals surface area (Å²) in [5.41, 5.74) is 6.11. The lowest BCUT2D eigenvalue weighted by Gasteiger charge is -2.48. The Morgan fingerprint density at radius 1 is 0.714 bits per heavy atom. The second-order valence-corrected chi connectivity index (χ2v) is 24.0. The smallest absolute Gasteiger partial charge is 0.264 e. The Labute approximate surface area is 449 Å². The molecule has 7 fully saturated rings. The third-order valence-electron chi connectivity index (χ3n) is 19.1. The molecule has 77 heavy (non-hydrogen) atoms. The van der Waals surface area contributed by atoms with Gasteiger partial charge in [0.2, 0.25) is 29.5 Å². The average Bonchev–Trinajstić information content (AvgIpc) is 4.03. The van der Waals surface area contributed by atoms with Crippen molar-refractivity contribution < 1.29 is 33.6 Å². The quantitative estimate of drug-likeness (QED) is 0.133. The number of nitrogens with zero attached hydrogens (tertiary/aromatic N) is 8. The number of hydrogen-bond acceptors (Lipinski definition) is 12. The normalized spacial score (nSPS) is 26.8. The van der Waals surface area contributed by atoms with E-state index in [1.807, 2.05) is 16.1 Å². The van der Waals surface area contributed by atoms with E-state index in [4.69, 9.17) is 9.97 Å². The van der Waals surface area contributed by atoms with Crippen molar-refractivity contribution in [2.45, 2.75) is 165 Å². The van der Waals surface area contributed by atoms with E-state index in [1.54, 1.807) is 18.2 Å². The predicted molar refractivity (Wildman–Crippen MR) is 289 cm³/mol. The molecule has 0 bridgehead atoms. The molecule has 4 saturated heterocycles. The summed E-state index contributed by atoms with van der Waals surface area (Å²) in [6, 6.07) is 13.9. The molecule has 6 aliphatic heterocycles. The van der Waals surface area contributed by atoms with E-state index in [0.717, 1.165) is 83.0 Å². The van der Waals surface area contributed by atoms with Gasteiger partial charge < -0.3 is 34.8 Å². The van der Waals surface area contributed by atoms with Gasteiger partial charge in [-0.15, -0.1) is 0 Å². The fraction of sp³-hybridized carbons (Fsp3) is 0.576. The van der Waals surface area contributed by atoms with Crippen LogP contribution in [0.3, 0.4) is 0 Å². The van der Waals surface area contributed by atoms with Crippen LogP contribution < -0.4 is 20.9 Å². The van der Waals surface area contributed by atoms with Crippen LogP contribution in [-0.4, -0.2) is 145 Å². The van der Waals surface area contributed by atoms with E-state index >= 15 is 4.79 Å². The number of anilines is 3. The lowest BCUT2D eigenvalue weighted by atomic mass is 9.73. The molecule has 1 spiro atoms. The highest BCUT2D eigenvalue weighted by molar-refractivity contribution is 6.25. The average molecular weight is 1050 g/mol. The second-order valence-electron chi connectivity index (χ2n) is 24.0. The van der Waals surface area contributed by atoms with Gasteiger partial charge in [0.1, 0.15) is 11.6 Å². The number of likely N-dealkylation sites (tertiary alicyclic amines) is 3. The third-order valence-corrected chi connectivity index (χ3v) is 19.1. The minimum atomic E-state index is -1.04. The zero-order valence-corrected chi connectivity index (χ0v) is 44.4. The van der Waals surface area contributed by atoms with Gasteiger partial charge in [-0.3, -0.25) is 43.8 Å². The topological polar surface area (TPSA) is 202 Å². The van der Waals surface area contributed by atoms with Crippen LogP contribution in [0, 0.1) is 11.8 Å². The molecule has 7 amide bonds. The SMILES string of the molecule is CC(C)n1cnc2cc(-c3ccc4c(c3)N(C3CC(N5CCCCC5)C3)C(=O)C43CCN(C(=O)C4CCN(C(=O)C5CCC(Nc6cccc7c6C(=O)N(C6CCC(=O)NC6=O)C7=O)CC5)CC4)CC3)nc(NC3CC3)c21. The fourth-order valence-electron chi connectivity index (χ4n) is 14.4. The molecule has 9 aliphatic rings.